The van der Waals surface area contributed by atoms with Gasteiger partial charge in [0, 0.05) is 32.6 Å². The van der Waals surface area contributed by atoms with Crippen molar-refractivity contribution in [3.63, 3.8) is 0 Å². The summed E-state index contributed by atoms with van der Waals surface area (Å²) < 4.78 is 48.0. The summed E-state index contributed by atoms with van der Waals surface area (Å²) in [6, 6.07) is 9.95. The van der Waals surface area contributed by atoms with Crippen molar-refractivity contribution in [2.75, 3.05) is 0 Å². The fraction of sp³-hybridized carbons (Fsp3) is 0.393. The number of carbonyl (C=O) groups is 2. The van der Waals surface area contributed by atoms with E-state index in [1.807, 2.05) is 12.1 Å². The highest BCUT2D eigenvalue weighted by Gasteiger charge is 2.24. The van der Waals surface area contributed by atoms with Gasteiger partial charge >= 0.3 is 6.11 Å². The van der Waals surface area contributed by atoms with Gasteiger partial charge in [0.15, 0.2) is 11.4 Å². The molecule has 3 aromatic heterocycles. The molecule has 15 heteroatoms. The molecule has 4 aromatic rings. The van der Waals surface area contributed by atoms with Crippen LogP contribution >= 0.6 is 0 Å². The van der Waals surface area contributed by atoms with Gasteiger partial charge < -0.3 is 15.4 Å². The Morgan fingerprint density at radius 3 is 2.44 bits per heavy atom. The Hall–Kier alpha value is -4.82. The number of alkyl halides is 3. The zero-order valence-electron chi connectivity index (χ0n) is 23.3. The van der Waals surface area contributed by atoms with Gasteiger partial charge in [-0.15, -0.1) is 10.2 Å². The highest BCUT2D eigenvalue weighted by Crippen LogP contribution is 2.39. The first-order valence-corrected chi connectivity index (χ1v) is 13.7. The van der Waals surface area contributed by atoms with Gasteiger partial charge in [0.25, 0.3) is 11.8 Å². The molecule has 1 unspecified atom stereocenters. The van der Waals surface area contributed by atoms with Gasteiger partial charge in [0.05, 0.1) is 31.2 Å². The number of benzene rings is 1. The molecule has 43 heavy (non-hydrogen) atoms. The smallest absolute Gasteiger partial charge is 0.394 e. The molecule has 2 amide bonds. The third-order valence-electron chi connectivity index (χ3n) is 6.57. The third-order valence-corrected chi connectivity index (χ3v) is 6.57. The summed E-state index contributed by atoms with van der Waals surface area (Å²) in [7, 11) is 0. The van der Waals surface area contributed by atoms with E-state index in [2.05, 4.69) is 41.0 Å². The average Bonchev–Trinajstić information content (AvgIpc) is 3.53. The van der Waals surface area contributed by atoms with Crippen LogP contribution in [0.4, 0.5) is 13.2 Å². The Morgan fingerprint density at radius 1 is 1.02 bits per heavy atom. The van der Waals surface area contributed by atoms with Gasteiger partial charge in [-0.3, -0.25) is 19.3 Å². The van der Waals surface area contributed by atoms with Crippen molar-refractivity contribution in [1.29, 1.82) is 0 Å². The first-order valence-electron chi connectivity index (χ1n) is 13.7. The van der Waals surface area contributed by atoms with Crippen LogP contribution in [0.2, 0.25) is 0 Å². The number of hydrogen-bond acceptors (Lipinski definition) is 8. The Morgan fingerprint density at radius 2 is 1.72 bits per heavy atom. The van der Waals surface area contributed by atoms with E-state index in [1.54, 1.807) is 12.3 Å². The van der Waals surface area contributed by atoms with Crippen LogP contribution in [0.3, 0.4) is 0 Å². The highest BCUT2D eigenvalue weighted by molar-refractivity contribution is 5.92. The predicted molar refractivity (Wildman–Crippen MR) is 146 cm³/mol. The van der Waals surface area contributed by atoms with Crippen LogP contribution in [0.15, 0.2) is 55.0 Å². The van der Waals surface area contributed by atoms with Crippen LogP contribution in [-0.2, 0) is 26.2 Å². The number of nitrogens with one attached hydrogen (secondary N) is 2. The summed E-state index contributed by atoms with van der Waals surface area (Å²) in [5.74, 6) is -0.410. The van der Waals surface area contributed by atoms with Gasteiger partial charge in [-0.2, -0.15) is 8.78 Å². The van der Waals surface area contributed by atoms with Crippen LogP contribution in [0.1, 0.15) is 69.9 Å². The van der Waals surface area contributed by atoms with Gasteiger partial charge in [-0.05, 0) is 54.2 Å². The Bertz CT molecular complexity index is 1570. The Labute approximate surface area is 244 Å². The number of amides is 2. The third kappa shape index (κ3) is 8.83. The summed E-state index contributed by atoms with van der Waals surface area (Å²) in [6.45, 7) is 0.948. The molecule has 1 aromatic carbocycles. The summed E-state index contributed by atoms with van der Waals surface area (Å²) in [5, 5.41) is 20.7. The molecule has 5 rings (SSSR count). The van der Waals surface area contributed by atoms with Crippen molar-refractivity contribution in [3.05, 3.63) is 83.2 Å². The molecule has 3 heterocycles. The Balaban J connectivity index is 1.04. The SMILES string of the molecule is CC(F)(F)Oc1cccc(CNC(=O)c2cn(CCC(F)Cn3cc(C(=O)NCc4cc(C5CC5)ccn4)nn3)nn2)c1. The quantitative estimate of drug-likeness (QED) is 0.225. The monoisotopic (exact) mass is 597 g/mol. The zero-order valence-corrected chi connectivity index (χ0v) is 23.3. The maximum atomic E-state index is 14.7. The zero-order chi connectivity index (χ0) is 30.4. The first kappa shape index (κ1) is 29.7. The summed E-state index contributed by atoms with van der Waals surface area (Å²) >= 11 is 0. The molecule has 1 aliphatic carbocycles. The van der Waals surface area contributed by atoms with Crippen LogP contribution in [0.25, 0.3) is 0 Å². The van der Waals surface area contributed by atoms with Crippen LogP contribution in [-0.4, -0.2) is 59.1 Å². The highest BCUT2D eigenvalue weighted by atomic mass is 19.3. The number of ether oxygens (including phenoxy) is 1. The van der Waals surface area contributed by atoms with Crippen LogP contribution in [0, 0.1) is 0 Å². The number of pyridine rings is 1. The summed E-state index contributed by atoms with van der Waals surface area (Å²) in [5.41, 5.74) is 2.61. The lowest BCUT2D eigenvalue weighted by molar-refractivity contribution is -0.159. The van der Waals surface area contributed by atoms with E-state index in [0.717, 1.165) is 5.69 Å². The number of halogens is 3. The minimum atomic E-state index is -3.33. The molecular formula is C28H30F3N9O3. The molecule has 0 bridgehead atoms. The minimum Gasteiger partial charge on any atom is -0.433 e. The van der Waals surface area contributed by atoms with Crippen molar-refractivity contribution < 1.29 is 27.5 Å². The molecule has 1 atom stereocenters. The second-order valence-electron chi connectivity index (χ2n) is 10.4. The van der Waals surface area contributed by atoms with Crippen LogP contribution < -0.4 is 15.4 Å². The molecule has 1 fully saturated rings. The van der Waals surface area contributed by atoms with E-state index in [1.165, 1.54) is 58.4 Å². The molecule has 0 radical (unpaired) electrons. The molecule has 2 N–H and O–H groups in total. The number of rotatable bonds is 14. The molecular weight excluding hydrogens is 567 g/mol. The predicted octanol–water partition coefficient (Wildman–Crippen LogP) is 3.42. The lowest BCUT2D eigenvalue weighted by Crippen LogP contribution is -2.23. The van der Waals surface area contributed by atoms with Gasteiger partial charge in [0.2, 0.25) is 0 Å². The Kier molecular flexibility index (Phi) is 8.97. The number of nitrogens with zero attached hydrogens (tertiary/aromatic N) is 7. The summed E-state index contributed by atoms with van der Waals surface area (Å²) in [6.07, 6.45) is 2.23. The van der Waals surface area contributed by atoms with E-state index < -0.39 is 24.1 Å². The maximum absolute atomic E-state index is 14.7. The molecule has 0 saturated heterocycles. The van der Waals surface area contributed by atoms with Crippen molar-refractivity contribution in [3.8, 4) is 5.75 Å². The lowest BCUT2D eigenvalue weighted by atomic mass is 10.1. The van der Waals surface area contributed by atoms with E-state index >= 15 is 0 Å². The average molecular weight is 598 g/mol. The maximum Gasteiger partial charge on any atom is 0.394 e. The second kappa shape index (κ2) is 13.0. The van der Waals surface area contributed by atoms with Crippen molar-refractivity contribution in [1.82, 2.24) is 45.6 Å². The molecule has 12 nitrogen and oxygen atoms in total. The fourth-order valence-electron chi connectivity index (χ4n) is 4.29. The van der Waals surface area contributed by atoms with E-state index in [-0.39, 0.29) is 49.7 Å². The van der Waals surface area contributed by atoms with Crippen molar-refractivity contribution >= 4 is 11.8 Å². The first-order chi connectivity index (χ1) is 20.6. The second-order valence-corrected chi connectivity index (χ2v) is 10.4. The number of aromatic nitrogens is 7. The molecule has 0 aliphatic heterocycles. The number of hydrogen-bond donors (Lipinski definition) is 2. The van der Waals surface area contributed by atoms with E-state index in [9.17, 15) is 22.8 Å². The van der Waals surface area contributed by atoms with E-state index in [4.69, 9.17) is 0 Å². The molecule has 1 aliphatic rings. The largest absolute Gasteiger partial charge is 0.433 e. The standard InChI is InChI=1S/C28H30F3N9O3/c1-28(30,31)43-23-4-2-3-18(11-23)13-33-26(41)24-16-39(37-35-24)10-8-21(29)15-40-17-25(36-38-40)27(42)34-14-22-12-20(7-9-32-22)19-5-6-19/h2-4,7,9,11-12,16-17,19,21H,5-6,8,10,13-15H2,1H3,(H,33,41)(H,34,42). The lowest BCUT2D eigenvalue weighted by Gasteiger charge is -2.13. The van der Waals surface area contributed by atoms with Gasteiger partial charge in [-0.1, -0.05) is 22.6 Å². The molecule has 0 spiro atoms. The summed E-state index contributed by atoms with van der Waals surface area (Å²) in [4.78, 5) is 29.2. The fourth-order valence-corrected chi connectivity index (χ4v) is 4.29. The molecule has 226 valence electrons. The van der Waals surface area contributed by atoms with Gasteiger partial charge in [0.1, 0.15) is 11.9 Å². The van der Waals surface area contributed by atoms with E-state index in [0.29, 0.717) is 18.4 Å². The number of aryl methyl sites for hydroxylation is 1. The van der Waals surface area contributed by atoms with Crippen molar-refractivity contribution in [2.24, 2.45) is 0 Å². The molecule has 1 saturated carbocycles. The van der Waals surface area contributed by atoms with Crippen LogP contribution in [0.5, 0.6) is 5.75 Å². The normalized spacial score (nSPS) is 13.9. The van der Waals surface area contributed by atoms with Crippen molar-refractivity contribution in [2.45, 2.75) is 70.6 Å². The number of carbonyl (C=O) groups excluding carboxylic acids is 2. The van der Waals surface area contributed by atoms with Gasteiger partial charge in [-0.25, -0.2) is 9.07 Å². The minimum absolute atomic E-state index is 0.0179. The topological polar surface area (TPSA) is 142 Å².